The van der Waals surface area contributed by atoms with Gasteiger partial charge in [-0.2, -0.15) is 0 Å². The van der Waals surface area contributed by atoms with Crippen LogP contribution in [0.5, 0.6) is 0 Å². The molecule has 3 heteroatoms. The summed E-state index contributed by atoms with van der Waals surface area (Å²) in [5.74, 6) is 1.04. The van der Waals surface area contributed by atoms with E-state index in [0.717, 1.165) is 38.1 Å². The lowest BCUT2D eigenvalue weighted by molar-refractivity contribution is -0.138. The molecule has 3 aliphatic rings. The van der Waals surface area contributed by atoms with Gasteiger partial charge in [0.25, 0.3) is 0 Å². The van der Waals surface area contributed by atoms with Crippen molar-refractivity contribution >= 4 is 5.91 Å². The van der Waals surface area contributed by atoms with Crippen molar-refractivity contribution in [1.82, 2.24) is 4.90 Å². The molecule has 3 fully saturated rings. The fraction of sp³-hybridized carbons (Fsp3) is 0.917. The lowest BCUT2D eigenvalue weighted by atomic mass is 9.96. The monoisotopic (exact) mass is 208 g/mol. The quantitative estimate of drug-likeness (QED) is 0.705. The predicted molar refractivity (Wildman–Crippen MR) is 58.2 cm³/mol. The van der Waals surface area contributed by atoms with Gasteiger partial charge in [0.1, 0.15) is 0 Å². The third-order valence-electron chi connectivity index (χ3n) is 4.59. The van der Waals surface area contributed by atoms with Crippen LogP contribution in [0.2, 0.25) is 0 Å². The van der Waals surface area contributed by atoms with Crippen molar-refractivity contribution in [2.24, 2.45) is 11.7 Å². The topological polar surface area (TPSA) is 46.3 Å². The number of nitrogens with two attached hydrogens (primary N) is 1. The summed E-state index contributed by atoms with van der Waals surface area (Å²) in [5.41, 5.74) is 5.73. The van der Waals surface area contributed by atoms with E-state index in [2.05, 4.69) is 4.90 Å². The van der Waals surface area contributed by atoms with Gasteiger partial charge in [0, 0.05) is 12.6 Å². The zero-order valence-electron chi connectivity index (χ0n) is 9.24. The molecule has 15 heavy (non-hydrogen) atoms. The fourth-order valence-electron chi connectivity index (χ4n) is 3.68. The molecule has 2 atom stereocenters. The summed E-state index contributed by atoms with van der Waals surface area (Å²) in [4.78, 5) is 14.5. The van der Waals surface area contributed by atoms with E-state index in [1.54, 1.807) is 0 Å². The highest BCUT2D eigenvalue weighted by atomic mass is 16.2. The van der Waals surface area contributed by atoms with Gasteiger partial charge in [0.15, 0.2) is 0 Å². The van der Waals surface area contributed by atoms with Crippen molar-refractivity contribution in [1.29, 1.82) is 0 Å². The molecule has 2 aliphatic carbocycles. The average molecular weight is 208 g/mol. The smallest absolute Gasteiger partial charge is 0.242 e. The first-order chi connectivity index (χ1) is 7.19. The van der Waals surface area contributed by atoms with Gasteiger partial charge in [0.05, 0.1) is 5.54 Å². The van der Waals surface area contributed by atoms with Gasteiger partial charge in [-0.1, -0.05) is 12.8 Å². The van der Waals surface area contributed by atoms with Crippen molar-refractivity contribution in [2.45, 2.75) is 56.5 Å². The molecular weight excluding hydrogens is 188 g/mol. The van der Waals surface area contributed by atoms with Crippen molar-refractivity contribution < 1.29 is 4.79 Å². The number of rotatable bonds is 1. The van der Waals surface area contributed by atoms with Crippen LogP contribution in [-0.4, -0.2) is 28.9 Å². The van der Waals surface area contributed by atoms with Crippen LogP contribution in [0.4, 0.5) is 0 Å². The molecule has 0 aromatic heterocycles. The Balaban J connectivity index is 1.74. The Labute approximate surface area is 91.0 Å². The van der Waals surface area contributed by atoms with E-state index in [1.807, 2.05) is 0 Å². The first-order valence-electron chi connectivity index (χ1n) is 6.29. The Morgan fingerprint density at radius 2 is 2.00 bits per heavy atom. The molecule has 0 aromatic rings. The van der Waals surface area contributed by atoms with Gasteiger partial charge < -0.3 is 10.6 Å². The molecular formula is C12H20N2O. The largest absolute Gasteiger partial charge is 0.338 e. The summed E-state index contributed by atoms with van der Waals surface area (Å²) in [7, 11) is 0. The summed E-state index contributed by atoms with van der Waals surface area (Å²) in [6.45, 7) is 0.989. The number of piperidine rings is 1. The minimum Gasteiger partial charge on any atom is -0.338 e. The maximum Gasteiger partial charge on any atom is 0.242 e. The maximum absolute atomic E-state index is 12.4. The number of carbonyl (C=O) groups is 1. The van der Waals surface area contributed by atoms with Crippen molar-refractivity contribution in [3.05, 3.63) is 0 Å². The molecule has 1 heterocycles. The van der Waals surface area contributed by atoms with Gasteiger partial charge in [-0.05, 0) is 38.0 Å². The number of fused-ring (bicyclic) bond motifs is 2. The van der Waals surface area contributed by atoms with E-state index in [4.69, 9.17) is 5.73 Å². The molecule has 84 valence electrons. The zero-order valence-corrected chi connectivity index (χ0v) is 9.24. The Hall–Kier alpha value is -0.570. The number of carbonyl (C=O) groups excluding carboxylic acids is 1. The molecule has 2 bridgehead atoms. The van der Waals surface area contributed by atoms with Crippen molar-refractivity contribution in [3.63, 3.8) is 0 Å². The van der Waals surface area contributed by atoms with Crippen LogP contribution in [0.15, 0.2) is 0 Å². The van der Waals surface area contributed by atoms with Gasteiger partial charge in [-0.25, -0.2) is 0 Å². The average Bonchev–Trinajstić information content (AvgIpc) is 2.91. The number of likely N-dealkylation sites (tertiary alicyclic amines) is 1. The molecule has 1 saturated heterocycles. The second-order valence-electron chi connectivity index (χ2n) is 5.65. The Bertz CT molecular complexity index is 283. The summed E-state index contributed by atoms with van der Waals surface area (Å²) >= 11 is 0. The molecule has 1 amide bonds. The summed E-state index contributed by atoms with van der Waals surface area (Å²) in [5, 5.41) is 0. The molecule has 0 radical (unpaired) electrons. The van der Waals surface area contributed by atoms with Gasteiger partial charge in [0.2, 0.25) is 5.91 Å². The summed E-state index contributed by atoms with van der Waals surface area (Å²) in [6, 6.07) is 0.531. The SMILES string of the molecule is NC1(C(=O)N2CC3CCC2C3)CCCC1. The number of amides is 1. The van der Waals surface area contributed by atoms with Crippen LogP contribution < -0.4 is 5.73 Å². The van der Waals surface area contributed by atoms with E-state index in [9.17, 15) is 4.79 Å². The molecule has 0 aromatic carbocycles. The third-order valence-corrected chi connectivity index (χ3v) is 4.59. The van der Waals surface area contributed by atoms with Crippen LogP contribution in [0.3, 0.4) is 0 Å². The predicted octanol–water partition coefficient (Wildman–Crippen LogP) is 1.27. The van der Waals surface area contributed by atoms with Gasteiger partial charge >= 0.3 is 0 Å². The summed E-state index contributed by atoms with van der Waals surface area (Å²) in [6.07, 6.45) is 7.84. The number of nitrogens with zero attached hydrogens (tertiary/aromatic N) is 1. The number of hydrogen-bond acceptors (Lipinski definition) is 2. The highest BCUT2D eigenvalue weighted by Gasteiger charge is 2.47. The molecule has 2 saturated carbocycles. The molecule has 2 unspecified atom stereocenters. The highest BCUT2D eigenvalue weighted by molar-refractivity contribution is 5.87. The summed E-state index contributed by atoms with van der Waals surface area (Å²) < 4.78 is 0. The first-order valence-corrected chi connectivity index (χ1v) is 6.29. The molecule has 0 spiro atoms. The highest BCUT2D eigenvalue weighted by Crippen LogP contribution is 2.40. The Morgan fingerprint density at radius 1 is 1.27 bits per heavy atom. The maximum atomic E-state index is 12.4. The minimum atomic E-state index is -0.496. The molecule has 2 N–H and O–H groups in total. The van der Waals surface area contributed by atoms with Gasteiger partial charge in [-0.3, -0.25) is 4.79 Å². The van der Waals surface area contributed by atoms with Gasteiger partial charge in [-0.15, -0.1) is 0 Å². The van der Waals surface area contributed by atoms with Crippen molar-refractivity contribution in [3.8, 4) is 0 Å². The van der Waals surface area contributed by atoms with Crippen LogP contribution in [0, 0.1) is 5.92 Å². The minimum absolute atomic E-state index is 0.257. The molecule has 3 rings (SSSR count). The van der Waals surface area contributed by atoms with E-state index in [1.165, 1.54) is 19.3 Å². The van der Waals surface area contributed by atoms with E-state index < -0.39 is 5.54 Å². The standard InChI is InChI=1S/C12H20N2O/c13-12(5-1-2-6-12)11(15)14-8-9-3-4-10(14)7-9/h9-10H,1-8,13H2. The third kappa shape index (κ3) is 1.40. The van der Waals surface area contributed by atoms with E-state index in [-0.39, 0.29) is 5.91 Å². The lowest BCUT2D eigenvalue weighted by Crippen LogP contribution is -2.55. The van der Waals surface area contributed by atoms with Crippen LogP contribution in [0.25, 0.3) is 0 Å². The lowest BCUT2D eigenvalue weighted by Gasteiger charge is -2.34. The van der Waals surface area contributed by atoms with E-state index in [0.29, 0.717) is 6.04 Å². The Morgan fingerprint density at radius 3 is 2.53 bits per heavy atom. The fourth-order valence-corrected chi connectivity index (χ4v) is 3.68. The van der Waals surface area contributed by atoms with Crippen molar-refractivity contribution in [2.75, 3.05) is 6.54 Å². The number of hydrogen-bond donors (Lipinski definition) is 1. The second kappa shape index (κ2) is 3.21. The van der Waals surface area contributed by atoms with E-state index >= 15 is 0 Å². The Kier molecular flexibility index (Phi) is 2.06. The normalized spacial score (nSPS) is 37.5. The second-order valence-corrected chi connectivity index (χ2v) is 5.65. The molecule has 3 nitrogen and oxygen atoms in total. The van der Waals surface area contributed by atoms with Crippen LogP contribution >= 0.6 is 0 Å². The first kappa shape index (κ1) is 9.64. The van der Waals surface area contributed by atoms with Crippen LogP contribution in [-0.2, 0) is 4.79 Å². The zero-order chi connectivity index (χ0) is 10.5. The molecule has 1 aliphatic heterocycles. The van der Waals surface area contributed by atoms with Crippen LogP contribution in [0.1, 0.15) is 44.9 Å².